The molecular weight excluding hydrogens is 307 g/mol. The number of rotatable bonds is 6. The Hall–Kier alpha value is -2.63. The van der Waals surface area contributed by atoms with Crippen LogP contribution in [0.1, 0.15) is 16.7 Å². The molecule has 0 amide bonds. The van der Waals surface area contributed by atoms with Crippen molar-refractivity contribution >= 4 is 5.96 Å². The number of guanidine groups is 1. The van der Waals surface area contributed by atoms with Gasteiger partial charge in [-0.25, -0.2) is 9.37 Å². The van der Waals surface area contributed by atoms with Crippen molar-refractivity contribution in [2.45, 2.75) is 19.9 Å². The molecule has 0 fully saturated rings. The maximum atomic E-state index is 13.1. The number of ether oxygens (including phenoxy) is 1. The smallest absolute Gasteiger partial charge is 0.212 e. The highest BCUT2D eigenvalue weighted by atomic mass is 19.1. The van der Waals surface area contributed by atoms with Crippen molar-refractivity contribution in [3.05, 3.63) is 59.0 Å². The molecule has 128 valence electrons. The van der Waals surface area contributed by atoms with Crippen LogP contribution in [0.3, 0.4) is 0 Å². The minimum atomic E-state index is -0.199. The SMILES string of the molecule is CN=C(NCCc1ccc(F)cc1C)NCc1ccc(OC)nc1. The van der Waals surface area contributed by atoms with Gasteiger partial charge in [0.2, 0.25) is 5.88 Å². The molecular formula is C18H23FN4O. The zero-order valence-corrected chi connectivity index (χ0v) is 14.3. The quantitative estimate of drug-likeness (QED) is 0.631. The first-order chi connectivity index (χ1) is 11.6. The minimum Gasteiger partial charge on any atom is -0.481 e. The fraction of sp³-hybridized carbons (Fsp3) is 0.333. The summed E-state index contributed by atoms with van der Waals surface area (Å²) in [5.41, 5.74) is 3.12. The Labute approximate surface area is 142 Å². The monoisotopic (exact) mass is 330 g/mol. The fourth-order valence-electron chi connectivity index (χ4n) is 2.30. The molecule has 0 atom stereocenters. The molecule has 0 saturated carbocycles. The van der Waals surface area contributed by atoms with Crippen molar-refractivity contribution in [1.82, 2.24) is 15.6 Å². The van der Waals surface area contributed by atoms with Gasteiger partial charge >= 0.3 is 0 Å². The number of aryl methyl sites for hydroxylation is 1. The average molecular weight is 330 g/mol. The highest BCUT2D eigenvalue weighted by molar-refractivity contribution is 5.79. The Morgan fingerprint density at radius 2 is 2.08 bits per heavy atom. The predicted molar refractivity (Wildman–Crippen MR) is 93.8 cm³/mol. The minimum absolute atomic E-state index is 0.199. The standard InChI is InChI=1S/C18H23FN4O/c1-13-10-16(19)6-5-15(13)8-9-21-18(20-2)23-12-14-4-7-17(24-3)22-11-14/h4-7,10-11H,8-9,12H2,1-3H3,(H2,20,21,23). The third kappa shape index (κ3) is 5.22. The van der Waals surface area contributed by atoms with Crippen LogP contribution in [-0.4, -0.2) is 31.6 Å². The Kier molecular flexibility index (Phi) is 6.54. The van der Waals surface area contributed by atoms with Crippen molar-refractivity contribution in [3.8, 4) is 5.88 Å². The number of aromatic nitrogens is 1. The van der Waals surface area contributed by atoms with Gasteiger partial charge in [-0.05, 0) is 42.2 Å². The fourth-order valence-corrected chi connectivity index (χ4v) is 2.30. The first-order valence-corrected chi connectivity index (χ1v) is 7.81. The zero-order valence-electron chi connectivity index (χ0n) is 14.3. The highest BCUT2D eigenvalue weighted by Crippen LogP contribution is 2.10. The van der Waals surface area contributed by atoms with E-state index in [0.29, 0.717) is 24.9 Å². The van der Waals surface area contributed by atoms with E-state index in [1.165, 1.54) is 6.07 Å². The van der Waals surface area contributed by atoms with E-state index >= 15 is 0 Å². The molecule has 0 radical (unpaired) electrons. The van der Waals surface area contributed by atoms with Crippen molar-refractivity contribution < 1.29 is 9.13 Å². The van der Waals surface area contributed by atoms with Gasteiger partial charge in [0.15, 0.2) is 5.96 Å². The number of benzene rings is 1. The number of halogens is 1. The summed E-state index contributed by atoms with van der Waals surface area (Å²) >= 11 is 0. The normalized spacial score (nSPS) is 11.2. The Balaban J connectivity index is 1.79. The van der Waals surface area contributed by atoms with Crippen LogP contribution in [-0.2, 0) is 13.0 Å². The summed E-state index contributed by atoms with van der Waals surface area (Å²) in [6, 6.07) is 8.65. The first kappa shape index (κ1) is 17.7. The molecule has 2 aromatic rings. The van der Waals surface area contributed by atoms with E-state index < -0.39 is 0 Å². The molecule has 2 N–H and O–H groups in total. The van der Waals surface area contributed by atoms with Crippen molar-refractivity contribution in [2.24, 2.45) is 4.99 Å². The molecule has 24 heavy (non-hydrogen) atoms. The lowest BCUT2D eigenvalue weighted by atomic mass is 10.1. The summed E-state index contributed by atoms with van der Waals surface area (Å²) < 4.78 is 18.1. The van der Waals surface area contributed by atoms with E-state index in [1.807, 2.05) is 25.1 Å². The molecule has 0 aliphatic rings. The Bertz CT molecular complexity index is 686. The molecule has 0 aliphatic heterocycles. The van der Waals surface area contributed by atoms with Crippen LogP contribution in [0, 0.1) is 12.7 Å². The molecule has 2 rings (SSSR count). The topological polar surface area (TPSA) is 58.5 Å². The lowest BCUT2D eigenvalue weighted by Crippen LogP contribution is -2.37. The maximum Gasteiger partial charge on any atom is 0.212 e. The summed E-state index contributed by atoms with van der Waals surface area (Å²) in [7, 11) is 3.32. The molecule has 1 heterocycles. The van der Waals surface area contributed by atoms with Gasteiger partial charge in [0.25, 0.3) is 0 Å². The number of nitrogens with zero attached hydrogens (tertiary/aromatic N) is 2. The van der Waals surface area contributed by atoms with E-state index in [-0.39, 0.29) is 5.82 Å². The third-order valence-corrected chi connectivity index (χ3v) is 3.68. The average Bonchev–Trinajstić information content (AvgIpc) is 2.60. The first-order valence-electron chi connectivity index (χ1n) is 7.81. The molecule has 0 bridgehead atoms. The zero-order chi connectivity index (χ0) is 17.4. The van der Waals surface area contributed by atoms with Gasteiger partial charge in [0.1, 0.15) is 5.82 Å². The van der Waals surface area contributed by atoms with Gasteiger partial charge in [-0.2, -0.15) is 0 Å². The molecule has 1 aromatic carbocycles. The van der Waals surface area contributed by atoms with Gasteiger partial charge in [-0.15, -0.1) is 0 Å². The van der Waals surface area contributed by atoms with Gasteiger partial charge in [-0.3, -0.25) is 4.99 Å². The molecule has 0 aliphatic carbocycles. The lowest BCUT2D eigenvalue weighted by molar-refractivity contribution is 0.397. The van der Waals surface area contributed by atoms with Crippen LogP contribution in [0.5, 0.6) is 5.88 Å². The molecule has 0 unspecified atom stereocenters. The van der Waals surface area contributed by atoms with Gasteiger partial charge in [0, 0.05) is 32.4 Å². The maximum absolute atomic E-state index is 13.1. The molecule has 5 nitrogen and oxygen atoms in total. The van der Waals surface area contributed by atoms with E-state index in [9.17, 15) is 4.39 Å². The second-order valence-corrected chi connectivity index (χ2v) is 5.38. The number of hydrogen-bond donors (Lipinski definition) is 2. The number of aliphatic imine (C=N–C) groups is 1. The predicted octanol–water partition coefficient (Wildman–Crippen LogP) is 2.45. The summed E-state index contributed by atoms with van der Waals surface area (Å²) in [6.45, 7) is 3.25. The van der Waals surface area contributed by atoms with E-state index in [0.717, 1.165) is 23.1 Å². The number of pyridine rings is 1. The summed E-state index contributed by atoms with van der Waals surface area (Å²) in [5, 5.41) is 6.48. The molecule has 6 heteroatoms. The molecule has 0 saturated heterocycles. The summed E-state index contributed by atoms with van der Waals surface area (Å²) in [5.74, 6) is 1.11. The second kappa shape index (κ2) is 8.86. The van der Waals surface area contributed by atoms with Crippen molar-refractivity contribution in [3.63, 3.8) is 0 Å². The van der Waals surface area contributed by atoms with Crippen LogP contribution < -0.4 is 15.4 Å². The van der Waals surface area contributed by atoms with Crippen LogP contribution >= 0.6 is 0 Å². The van der Waals surface area contributed by atoms with Crippen molar-refractivity contribution in [2.75, 3.05) is 20.7 Å². The van der Waals surface area contributed by atoms with Gasteiger partial charge in [0.05, 0.1) is 7.11 Å². The third-order valence-electron chi connectivity index (χ3n) is 3.68. The van der Waals surface area contributed by atoms with E-state index in [2.05, 4.69) is 20.6 Å². The second-order valence-electron chi connectivity index (χ2n) is 5.38. The lowest BCUT2D eigenvalue weighted by Gasteiger charge is -2.13. The van der Waals surface area contributed by atoms with E-state index in [4.69, 9.17) is 4.74 Å². The molecule has 0 spiro atoms. The van der Waals surface area contributed by atoms with Crippen LogP contribution in [0.15, 0.2) is 41.5 Å². The Morgan fingerprint density at radius 3 is 2.71 bits per heavy atom. The van der Waals surface area contributed by atoms with Crippen LogP contribution in [0.4, 0.5) is 4.39 Å². The van der Waals surface area contributed by atoms with Crippen molar-refractivity contribution in [1.29, 1.82) is 0 Å². The number of nitrogens with one attached hydrogen (secondary N) is 2. The highest BCUT2D eigenvalue weighted by Gasteiger charge is 2.02. The van der Waals surface area contributed by atoms with Crippen LogP contribution in [0.25, 0.3) is 0 Å². The van der Waals surface area contributed by atoms with Gasteiger partial charge in [-0.1, -0.05) is 12.1 Å². The largest absolute Gasteiger partial charge is 0.481 e. The number of methoxy groups -OCH3 is 1. The van der Waals surface area contributed by atoms with Crippen LogP contribution in [0.2, 0.25) is 0 Å². The van der Waals surface area contributed by atoms with Gasteiger partial charge < -0.3 is 15.4 Å². The Morgan fingerprint density at radius 1 is 1.25 bits per heavy atom. The summed E-state index contributed by atoms with van der Waals surface area (Å²) in [4.78, 5) is 8.36. The number of hydrogen-bond acceptors (Lipinski definition) is 3. The van der Waals surface area contributed by atoms with E-state index in [1.54, 1.807) is 26.4 Å². The molecule has 1 aromatic heterocycles. The summed E-state index contributed by atoms with van der Waals surface area (Å²) in [6.07, 6.45) is 2.57.